The Kier molecular flexibility index (Phi) is 2.51. The second-order valence-corrected chi connectivity index (χ2v) is 6.43. The van der Waals surface area contributed by atoms with E-state index >= 15 is 0 Å². The number of hydrogen-bond acceptors (Lipinski definition) is 5. The van der Waals surface area contributed by atoms with Crippen molar-refractivity contribution in [2.24, 2.45) is 0 Å². The fraction of sp³-hybridized carbons (Fsp3) is 0.267. The van der Waals surface area contributed by atoms with Crippen molar-refractivity contribution in [2.75, 3.05) is 13.1 Å². The number of carbonyl (C=O) groups excluding carboxylic acids is 2. The van der Waals surface area contributed by atoms with E-state index in [0.717, 1.165) is 4.70 Å². The first-order valence-electron chi connectivity index (χ1n) is 7.42. The molecular weight excluding hydrogens is 300 g/mol. The lowest BCUT2D eigenvalue weighted by molar-refractivity contribution is -0.123. The smallest absolute Gasteiger partial charge is 0.254 e. The van der Waals surface area contributed by atoms with E-state index in [1.807, 2.05) is 6.07 Å². The van der Waals surface area contributed by atoms with Gasteiger partial charge in [-0.05, 0) is 24.6 Å². The van der Waals surface area contributed by atoms with E-state index < -0.39 is 5.54 Å². The lowest BCUT2D eigenvalue weighted by Crippen LogP contribution is -2.49. The maximum absolute atomic E-state index is 12.7. The van der Waals surface area contributed by atoms with E-state index in [4.69, 9.17) is 1.37 Å². The summed E-state index contributed by atoms with van der Waals surface area (Å²) in [6, 6.07) is 5.26. The summed E-state index contributed by atoms with van der Waals surface area (Å²) in [5.41, 5.74) is 0.656. The lowest BCUT2D eigenvalue weighted by atomic mass is 9.99. The maximum Gasteiger partial charge on any atom is 0.254 e. The number of rotatable bonds is 1. The number of nitrogens with zero attached hydrogens (tertiary/aromatic N) is 2. The van der Waals surface area contributed by atoms with Gasteiger partial charge in [0.15, 0.2) is 0 Å². The Hall–Kier alpha value is -2.41. The first-order chi connectivity index (χ1) is 11.0. The number of fused-ring (bicyclic) bond motifs is 1. The number of hydrogen-bond donors (Lipinski definition) is 2. The monoisotopic (exact) mass is 316 g/mol. The molecule has 1 atom stereocenters. The van der Waals surface area contributed by atoms with Crippen LogP contribution in [-0.4, -0.2) is 40.3 Å². The highest BCUT2D eigenvalue weighted by atomic mass is 32.1. The molecule has 3 heterocycles. The number of carbonyl (C=O) groups is 2. The van der Waals surface area contributed by atoms with Gasteiger partial charge in [-0.25, -0.2) is 4.98 Å². The largest absolute Gasteiger partial charge is 0.356 e. The standard InChI is InChI=1S/C15H14N4O2S/c1-9-17-14(21)15(18-9)4-5-19(7-15)13(20)10-2-3-12-11(6-10)16-8-22-12/h2-3,6,8,18H,1,4-5,7H2,(H,17,21)/i8T. The highest BCUT2D eigenvalue weighted by Gasteiger charge is 2.49. The fourth-order valence-corrected chi connectivity index (χ4v) is 3.62. The number of nitrogens with one attached hydrogen (secondary N) is 2. The van der Waals surface area contributed by atoms with Crippen LogP contribution in [0.3, 0.4) is 0 Å². The SMILES string of the molecule is [3H]c1nc2cc(C(=O)N3CCC4(C3)NC(=C)NC4=O)ccc2s1. The minimum Gasteiger partial charge on any atom is -0.356 e. The van der Waals surface area contributed by atoms with Crippen LogP contribution in [0.5, 0.6) is 0 Å². The van der Waals surface area contributed by atoms with Gasteiger partial charge in [0.05, 0.1) is 29.4 Å². The summed E-state index contributed by atoms with van der Waals surface area (Å²) in [5, 5.41) is 5.73. The van der Waals surface area contributed by atoms with Crippen LogP contribution in [0.1, 0.15) is 18.1 Å². The van der Waals surface area contributed by atoms with E-state index in [2.05, 4.69) is 22.2 Å². The molecule has 0 aliphatic carbocycles. The van der Waals surface area contributed by atoms with E-state index in [1.54, 1.807) is 17.0 Å². The van der Waals surface area contributed by atoms with Crippen LogP contribution in [0.4, 0.5) is 0 Å². The van der Waals surface area contributed by atoms with Crippen LogP contribution in [-0.2, 0) is 4.79 Å². The van der Waals surface area contributed by atoms with Crippen LogP contribution in [0.15, 0.2) is 36.1 Å². The molecule has 2 aromatic rings. The maximum atomic E-state index is 12.7. The van der Waals surface area contributed by atoms with Gasteiger partial charge in [-0.15, -0.1) is 11.3 Å². The molecule has 112 valence electrons. The molecule has 1 aromatic carbocycles. The molecule has 4 rings (SSSR count). The summed E-state index contributed by atoms with van der Waals surface area (Å²) in [6.45, 7) is 4.54. The van der Waals surface area contributed by atoms with Crippen molar-refractivity contribution < 1.29 is 11.0 Å². The van der Waals surface area contributed by atoms with Gasteiger partial charge in [-0.1, -0.05) is 6.58 Å². The normalized spacial score (nSPS) is 24.7. The predicted molar refractivity (Wildman–Crippen MR) is 83.3 cm³/mol. The van der Waals surface area contributed by atoms with Crippen molar-refractivity contribution >= 4 is 33.4 Å². The Labute approximate surface area is 132 Å². The zero-order valence-electron chi connectivity index (χ0n) is 12.7. The number of aromatic nitrogens is 1. The highest BCUT2D eigenvalue weighted by molar-refractivity contribution is 7.16. The van der Waals surface area contributed by atoms with E-state index in [9.17, 15) is 9.59 Å². The van der Waals surface area contributed by atoms with Gasteiger partial charge < -0.3 is 15.5 Å². The van der Waals surface area contributed by atoms with Gasteiger partial charge in [-0.3, -0.25) is 9.59 Å². The molecule has 22 heavy (non-hydrogen) atoms. The lowest BCUT2D eigenvalue weighted by Gasteiger charge is -2.21. The number of benzene rings is 1. The summed E-state index contributed by atoms with van der Waals surface area (Å²) in [6.07, 6.45) is 0.555. The van der Waals surface area contributed by atoms with E-state index in [1.165, 1.54) is 11.3 Å². The molecule has 0 bridgehead atoms. The van der Waals surface area contributed by atoms with Crippen molar-refractivity contribution in [3.63, 3.8) is 0 Å². The Morgan fingerprint density at radius 2 is 2.41 bits per heavy atom. The van der Waals surface area contributed by atoms with Gasteiger partial charge in [-0.2, -0.15) is 0 Å². The molecule has 6 nitrogen and oxygen atoms in total. The second-order valence-electron chi connectivity index (χ2n) is 5.60. The molecule has 2 N–H and O–H groups in total. The molecular formula is C15H14N4O2S. The Morgan fingerprint density at radius 1 is 1.55 bits per heavy atom. The molecule has 2 aliphatic heterocycles. The molecule has 2 aliphatic rings. The zero-order valence-corrected chi connectivity index (χ0v) is 12.5. The third-order valence-corrected chi connectivity index (χ3v) is 4.92. The van der Waals surface area contributed by atoms with Crippen LogP contribution in [0.25, 0.3) is 10.2 Å². The Bertz CT molecular complexity index is 864. The van der Waals surface area contributed by atoms with Crippen molar-refractivity contribution in [1.82, 2.24) is 20.5 Å². The van der Waals surface area contributed by atoms with Gasteiger partial charge in [0.1, 0.15) is 5.54 Å². The average Bonchev–Trinajstić information content (AvgIpc) is 3.15. The number of likely N-dealkylation sites (tertiary alicyclic amines) is 1. The molecule has 2 amide bonds. The molecule has 7 heteroatoms. The minimum absolute atomic E-state index is 0.129. The minimum atomic E-state index is -0.758. The number of thiazole rings is 1. The summed E-state index contributed by atoms with van der Waals surface area (Å²) in [5.74, 6) is 0.221. The van der Waals surface area contributed by atoms with Gasteiger partial charge in [0.2, 0.25) is 0 Å². The second kappa shape index (κ2) is 4.54. The van der Waals surface area contributed by atoms with E-state index in [-0.39, 0.29) is 17.3 Å². The third kappa shape index (κ3) is 1.89. The van der Waals surface area contributed by atoms with Crippen molar-refractivity contribution in [3.05, 3.63) is 41.6 Å². The fourth-order valence-electron chi connectivity index (χ4n) is 3.03. The van der Waals surface area contributed by atoms with Gasteiger partial charge >= 0.3 is 0 Å². The Morgan fingerprint density at radius 3 is 3.18 bits per heavy atom. The first kappa shape index (κ1) is 12.2. The summed E-state index contributed by atoms with van der Waals surface area (Å²) in [7, 11) is 0. The summed E-state index contributed by atoms with van der Waals surface area (Å²) >= 11 is 1.28. The van der Waals surface area contributed by atoms with E-state index in [0.29, 0.717) is 36.4 Å². The molecule has 1 spiro atoms. The van der Waals surface area contributed by atoms with Crippen molar-refractivity contribution in [2.45, 2.75) is 12.0 Å². The highest BCUT2D eigenvalue weighted by Crippen LogP contribution is 2.28. The molecule has 0 saturated carbocycles. The summed E-state index contributed by atoms with van der Waals surface area (Å²) in [4.78, 5) is 30.6. The predicted octanol–water partition coefficient (Wildman–Crippen LogP) is 1.07. The van der Waals surface area contributed by atoms with Crippen molar-refractivity contribution in [3.8, 4) is 0 Å². The quantitative estimate of drug-likeness (QED) is 0.825. The first-order valence-corrected chi connectivity index (χ1v) is 7.73. The third-order valence-electron chi connectivity index (χ3n) is 4.17. The molecule has 1 aromatic heterocycles. The van der Waals surface area contributed by atoms with Crippen LogP contribution in [0.2, 0.25) is 0 Å². The van der Waals surface area contributed by atoms with Gasteiger partial charge in [0.25, 0.3) is 11.8 Å². The molecule has 1 unspecified atom stereocenters. The van der Waals surface area contributed by atoms with Gasteiger partial charge in [0, 0.05) is 12.1 Å². The molecule has 2 fully saturated rings. The molecule has 0 radical (unpaired) electrons. The van der Waals surface area contributed by atoms with Crippen LogP contribution in [0, 0.1) is 0 Å². The van der Waals surface area contributed by atoms with Crippen LogP contribution < -0.4 is 10.6 Å². The number of amides is 2. The summed E-state index contributed by atoms with van der Waals surface area (Å²) < 4.78 is 8.46. The molecule has 2 saturated heterocycles. The Balaban J connectivity index is 1.59. The zero-order chi connectivity index (χ0) is 16.2. The van der Waals surface area contributed by atoms with Crippen LogP contribution >= 0.6 is 11.3 Å². The van der Waals surface area contributed by atoms with Crippen molar-refractivity contribution in [1.29, 1.82) is 0 Å². The average molecular weight is 316 g/mol. The topological polar surface area (TPSA) is 74.3 Å².